The van der Waals surface area contributed by atoms with Crippen LogP contribution in [0.2, 0.25) is 10.0 Å². The zero-order valence-electron chi connectivity index (χ0n) is 13.3. The Hall–Kier alpha value is -1.71. The average molecular weight is 352 g/mol. The van der Waals surface area contributed by atoms with Crippen molar-refractivity contribution in [1.29, 1.82) is 0 Å². The standard InChI is InChI=1S/C18H19Cl2NO2/c1-11(2)13-5-4-12(3)17(8-13)23-10-18(22)21-16-9-14(19)6-7-15(16)20/h4-9,11H,10H2,1-3H3,(H,21,22). The molecule has 0 saturated carbocycles. The highest BCUT2D eigenvalue weighted by Crippen LogP contribution is 2.26. The second kappa shape index (κ2) is 7.71. The van der Waals surface area contributed by atoms with Gasteiger partial charge < -0.3 is 10.1 Å². The van der Waals surface area contributed by atoms with E-state index in [1.165, 1.54) is 5.56 Å². The molecule has 0 fully saturated rings. The molecule has 0 aliphatic rings. The maximum Gasteiger partial charge on any atom is 0.262 e. The van der Waals surface area contributed by atoms with Crippen LogP contribution in [0.5, 0.6) is 5.75 Å². The lowest BCUT2D eigenvalue weighted by Crippen LogP contribution is -2.20. The maximum absolute atomic E-state index is 12.0. The first kappa shape index (κ1) is 17.6. The summed E-state index contributed by atoms with van der Waals surface area (Å²) in [7, 11) is 0. The van der Waals surface area contributed by atoms with Gasteiger partial charge in [-0.3, -0.25) is 4.79 Å². The van der Waals surface area contributed by atoms with Crippen LogP contribution in [0.4, 0.5) is 5.69 Å². The smallest absolute Gasteiger partial charge is 0.262 e. The lowest BCUT2D eigenvalue weighted by molar-refractivity contribution is -0.118. The third-order valence-electron chi connectivity index (χ3n) is 3.44. The zero-order chi connectivity index (χ0) is 17.0. The number of nitrogens with one attached hydrogen (secondary N) is 1. The average Bonchev–Trinajstić information content (AvgIpc) is 2.50. The fraction of sp³-hybridized carbons (Fsp3) is 0.278. The van der Waals surface area contributed by atoms with Crippen molar-refractivity contribution < 1.29 is 9.53 Å². The van der Waals surface area contributed by atoms with Gasteiger partial charge in [0.25, 0.3) is 5.91 Å². The Bertz CT molecular complexity index is 714. The highest BCUT2D eigenvalue weighted by molar-refractivity contribution is 6.35. The monoisotopic (exact) mass is 351 g/mol. The molecule has 5 heteroatoms. The molecule has 23 heavy (non-hydrogen) atoms. The van der Waals surface area contributed by atoms with Gasteiger partial charge in [-0.15, -0.1) is 0 Å². The molecule has 0 aromatic heterocycles. The lowest BCUT2D eigenvalue weighted by Gasteiger charge is -2.13. The Morgan fingerprint density at radius 3 is 2.61 bits per heavy atom. The Morgan fingerprint density at radius 1 is 1.17 bits per heavy atom. The first-order valence-electron chi connectivity index (χ1n) is 7.35. The number of hydrogen-bond acceptors (Lipinski definition) is 2. The van der Waals surface area contributed by atoms with Crippen molar-refractivity contribution in [3.05, 3.63) is 57.6 Å². The van der Waals surface area contributed by atoms with Gasteiger partial charge in [-0.25, -0.2) is 0 Å². The summed E-state index contributed by atoms with van der Waals surface area (Å²) in [6.07, 6.45) is 0. The van der Waals surface area contributed by atoms with Crippen molar-refractivity contribution >= 4 is 34.8 Å². The van der Waals surface area contributed by atoms with Gasteiger partial charge in [0, 0.05) is 5.02 Å². The first-order chi connectivity index (χ1) is 10.9. The van der Waals surface area contributed by atoms with Gasteiger partial charge in [-0.05, 0) is 48.2 Å². The summed E-state index contributed by atoms with van der Waals surface area (Å²) in [6, 6.07) is 10.9. The molecule has 1 amide bonds. The van der Waals surface area contributed by atoms with Crippen LogP contribution in [0.1, 0.15) is 30.9 Å². The molecule has 3 nitrogen and oxygen atoms in total. The van der Waals surface area contributed by atoms with Crippen molar-refractivity contribution in [3.8, 4) is 5.75 Å². The van der Waals surface area contributed by atoms with Gasteiger partial charge in [-0.2, -0.15) is 0 Å². The van der Waals surface area contributed by atoms with Crippen LogP contribution >= 0.6 is 23.2 Å². The number of anilines is 1. The molecule has 0 atom stereocenters. The number of benzene rings is 2. The number of hydrogen-bond donors (Lipinski definition) is 1. The Labute approximate surface area is 146 Å². The van der Waals surface area contributed by atoms with Crippen LogP contribution in [0, 0.1) is 6.92 Å². The third-order valence-corrected chi connectivity index (χ3v) is 4.00. The van der Waals surface area contributed by atoms with Gasteiger partial charge in [0.2, 0.25) is 0 Å². The molecular formula is C18H19Cl2NO2. The van der Waals surface area contributed by atoms with E-state index in [0.717, 1.165) is 5.56 Å². The van der Waals surface area contributed by atoms with E-state index in [0.29, 0.717) is 27.4 Å². The summed E-state index contributed by atoms with van der Waals surface area (Å²) < 4.78 is 5.64. The second-order valence-electron chi connectivity index (χ2n) is 5.64. The molecule has 0 saturated heterocycles. The zero-order valence-corrected chi connectivity index (χ0v) is 14.8. The van der Waals surface area contributed by atoms with E-state index in [9.17, 15) is 4.79 Å². The van der Waals surface area contributed by atoms with E-state index in [1.54, 1.807) is 18.2 Å². The molecule has 2 rings (SSSR count). The minimum atomic E-state index is -0.288. The topological polar surface area (TPSA) is 38.3 Å². The van der Waals surface area contributed by atoms with Gasteiger partial charge >= 0.3 is 0 Å². The predicted octanol–water partition coefficient (Wildman–Crippen LogP) is 5.44. The number of amides is 1. The molecule has 0 bridgehead atoms. The van der Waals surface area contributed by atoms with Crippen LogP contribution in [0.15, 0.2) is 36.4 Å². The first-order valence-corrected chi connectivity index (χ1v) is 8.10. The molecule has 0 aliphatic heterocycles. The molecule has 1 N–H and O–H groups in total. The molecule has 0 unspecified atom stereocenters. The summed E-state index contributed by atoms with van der Waals surface area (Å²) >= 11 is 11.9. The summed E-state index contributed by atoms with van der Waals surface area (Å²) in [5, 5.41) is 3.63. The quantitative estimate of drug-likeness (QED) is 0.778. The number of carbonyl (C=O) groups is 1. The van der Waals surface area contributed by atoms with Crippen LogP contribution in [0.25, 0.3) is 0 Å². The number of ether oxygens (including phenoxy) is 1. The molecule has 122 valence electrons. The summed E-state index contributed by atoms with van der Waals surface area (Å²) in [4.78, 5) is 12.0. The van der Waals surface area contributed by atoms with Crippen molar-refractivity contribution in [1.82, 2.24) is 0 Å². The van der Waals surface area contributed by atoms with Gasteiger partial charge in [0.05, 0.1) is 10.7 Å². The van der Waals surface area contributed by atoms with Crippen LogP contribution in [-0.2, 0) is 4.79 Å². The SMILES string of the molecule is Cc1ccc(C(C)C)cc1OCC(=O)Nc1cc(Cl)ccc1Cl. The Morgan fingerprint density at radius 2 is 1.91 bits per heavy atom. The van der Waals surface area contributed by atoms with Crippen molar-refractivity contribution in [2.75, 3.05) is 11.9 Å². The van der Waals surface area contributed by atoms with E-state index in [-0.39, 0.29) is 12.5 Å². The highest BCUT2D eigenvalue weighted by Gasteiger charge is 2.10. The highest BCUT2D eigenvalue weighted by atomic mass is 35.5. The van der Waals surface area contributed by atoms with Crippen molar-refractivity contribution in [3.63, 3.8) is 0 Å². The molecular weight excluding hydrogens is 333 g/mol. The summed E-state index contributed by atoms with van der Waals surface area (Å²) in [5.41, 5.74) is 2.63. The van der Waals surface area contributed by atoms with E-state index in [2.05, 4.69) is 25.2 Å². The predicted molar refractivity (Wildman–Crippen MR) is 95.9 cm³/mol. The molecule has 0 spiro atoms. The van der Waals surface area contributed by atoms with E-state index >= 15 is 0 Å². The second-order valence-corrected chi connectivity index (χ2v) is 6.48. The fourth-order valence-corrected chi connectivity index (χ4v) is 2.39. The van der Waals surface area contributed by atoms with E-state index in [1.807, 2.05) is 19.1 Å². The van der Waals surface area contributed by atoms with Gasteiger partial charge in [0.1, 0.15) is 5.75 Å². The number of halogens is 2. The fourth-order valence-electron chi connectivity index (χ4n) is 2.05. The minimum Gasteiger partial charge on any atom is -0.483 e. The minimum absolute atomic E-state index is 0.0920. The molecule has 2 aromatic carbocycles. The largest absolute Gasteiger partial charge is 0.483 e. The normalized spacial score (nSPS) is 10.7. The maximum atomic E-state index is 12.0. The molecule has 0 heterocycles. The summed E-state index contributed by atoms with van der Waals surface area (Å²) in [5.74, 6) is 0.823. The van der Waals surface area contributed by atoms with Crippen molar-refractivity contribution in [2.45, 2.75) is 26.7 Å². The number of rotatable bonds is 5. The van der Waals surface area contributed by atoms with Crippen LogP contribution in [0.3, 0.4) is 0 Å². The molecule has 2 aromatic rings. The van der Waals surface area contributed by atoms with Crippen LogP contribution < -0.4 is 10.1 Å². The third kappa shape index (κ3) is 4.88. The molecule has 0 aliphatic carbocycles. The van der Waals surface area contributed by atoms with Gasteiger partial charge in [0.15, 0.2) is 6.61 Å². The Kier molecular flexibility index (Phi) is 5.91. The van der Waals surface area contributed by atoms with E-state index < -0.39 is 0 Å². The van der Waals surface area contributed by atoms with Gasteiger partial charge in [-0.1, -0.05) is 49.2 Å². The van der Waals surface area contributed by atoms with Crippen LogP contribution in [-0.4, -0.2) is 12.5 Å². The van der Waals surface area contributed by atoms with E-state index in [4.69, 9.17) is 27.9 Å². The van der Waals surface area contributed by atoms with Crippen molar-refractivity contribution in [2.24, 2.45) is 0 Å². The molecule has 0 radical (unpaired) electrons. The summed E-state index contributed by atoms with van der Waals surface area (Å²) in [6.45, 7) is 6.08. The Balaban J connectivity index is 2.02. The lowest BCUT2D eigenvalue weighted by atomic mass is 10.0. The number of aryl methyl sites for hydroxylation is 1. The number of carbonyl (C=O) groups excluding carboxylic acids is 1.